The molecule has 4 heteroatoms. The summed E-state index contributed by atoms with van der Waals surface area (Å²) in [6, 6.07) is 8.95. The van der Waals surface area contributed by atoms with Gasteiger partial charge < -0.3 is 9.84 Å². The summed E-state index contributed by atoms with van der Waals surface area (Å²) in [6.07, 6.45) is 2.02. The van der Waals surface area contributed by atoms with Crippen LogP contribution >= 0.6 is 23.2 Å². The molecule has 2 aromatic rings. The van der Waals surface area contributed by atoms with E-state index in [9.17, 15) is 5.11 Å². The molecule has 0 aliphatic carbocycles. The number of fused-ring (bicyclic) bond motifs is 1. The summed E-state index contributed by atoms with van der Waals surface area (Å²) >= 11 is 12.4. The average molecular weight is 295 g/mol. The Balaban J connectivity index is 2.23. The van der Waals surface area contributed by atoms with Crippen LogP contribution in [0.3, 0.4) is 0 Å². The number of para-hydroxylation sites is 1. The van der Waals surface area contributed by atoms with Gasteiger partial charge in [0.25, 0.3) is 0 Å². The second-order valence-corrected chi connectivity index (χ2v) is 5.34. The molecular weight excluding hydrogens is 283 g/mol. The Hall–Kier alpha value is -1.38. The number of halogens is 2. The highest BCUT2D eigenvalue weighted by Crippen LogP contribution is 2.44. The van der Waals surface area contributed by atoms with Crippen LogP contribution in [0.4, 0.5) is 0 Å². The SMILES string of the molecule is Oc1cc(Cl)c(-c2cccc3c2OCCC3)c(Cl)c1. The first kappa shape index (κ1) is 12.6. The molecule has 0 fully saturated rings. The molecule has 3 rings (SSSR count). The summed E-state index contributed by atoms with van der Waals surface area (Å²) < 4.78 is 5.77. The molecule has 2 aromatic carbocycles. The van der Waals surface area contributed by atoms with E-state index in [4.69, 9.17) is 27.9 Å². The van der Waals surface area contributed by atoms with Crippen molar-refractivity contribution in [3.63, 3.8) is 0 Å². The molecule has 2 nitrogen and oxygen atoms in total. The first-order chi connectivity index (χ1) is 9.16. The molecule has 0 aromatic heterocycles. The Morgan fingerprint density at radius 2 is 1.84 bits per heavy atom. The normalized spacial score (nSPS) is 13.8. The van der Waals surface area contributed by atoms with Crippen LogP contribution in [0, 0.1) is 0 Å². The van der Waals surface area contributed by atoms with E-state index in [0.29, 0.717) is 22.2 Å². The Bertz CT molecular complexity index is 615. The van der Waals surface area contributed by atoms with Crippen LogP contribution in [0.2, 0.25) is 10.0 Å². The predicted octanol–water partition coefficient (Wildman–Crippen LogP) is 4.69. The van der Waals surface area contributed by atoms with E-state index in [-0.39, 0.29) is 5.75 Å². The van der Waals surface area contributed by atoms with E-state index in [1.807, 2.05) is 12.1 Å². The number of hydrogen-bond acceptors (Lipinski definition) is 2. The highest BCUT2D eigenvalue weighted by atomic mass is 35.5. The minimum atomic E-state index is 0.0597. The minimum absolute atomic E-state index is 0.0597. The Morgan fingerprint density at radius 1 is 1.11 bits per heavy atom. The lowest BCUT2D eigenvalue weighted by atomic mass is 9.97. The number of hydrogen-bond donors (Lipinski definition) is 1. The molecule has 0 spiro atoms. The minimum Gasteiger partial charge on any atom is -0.508 e. The molecule has 0 amide bonds. The molecule has 1 heterocycles. The lowest BCUT2D eigenvalue weighted by molar-refractivity contribution is 0.289. The van der Waals surface area contributed by atoms with Gasteiger partial charge in [0, 0.05) is 11.1 Å². The van der Waals surface area contributed by atoms with Gasteiger partial charge in [0.1, 0.15) is 11.5 Å². The molecule has 1 aliphatic heterocycles. The summed E-state index contributed by atoms with van der Waals surface area (Å²) in [6.45, 7) is 0.706. The lowest BCUT2D eigenvalue weighted by Gasteiger charge is -2.21. The van der Waals surface area contributed by atoms with E-state index < -0.39 is 0 Å². The molecule has 98 valence electrons. The van der Waals surface area contributed by atoms with E-state index in [2.05, 4.69) is 6.07 Å². The van der Waals surface area contributed by atoms with Crippen molar-refractivity contribution in [2.24, 2.45) is 0 Å². The van der Waals surface area contributed by atoms with Gasteiger partial charge >= 0.3 is 0 Å². The van der Waals surface area contributed by atoms with E-state index in [1.165, 1.54) is 17.7 Å². The monoisotopic (exact) mass is 294 g/mol. The van der Waals surface area contributed by atoms with Crippen LogP contribution in [-0.2, 0) is 6.42 Å². The zero-order valence-electron chi connectivity index (χ0n) is 10.1. The smallest absolute Gasteiger partial charge is 0.130 e. The third-order valence-electron chi connectivity index (χ3n) is 3.23. The Morgan fingerprint density at radius 3 is 2.58 bits per heavy atom. The van der Waals surface area contributed by atoms with E-state index >= 15 is 0 Å². The third-order valence-corrected chi connectivity index (χ3v) is 3.83. The molecule has 1 aliphatic rings. The predicted molar refractivity (Wildman–Crippen MR) is 77.4 cm³/mol. The summed E-state index contributed by atoms with van der Waals surface area (Å²) in [5.74, 6) is 0.910. The maximum Gasteiger partial charge on any atom is 0.130 e. The lowest BCUT2D eigenvalue weighted by Crippen LogP contribution is -2.09. The van der Waals surface area contributed by atoms with E-state index in [0.717, 1.165) is 24.2 Å². The number of ether oxygens (including phenoxy) is 1. The van der Waals surface area contributed by atoms with Crippen LogP contribution in [0.5, 0.6) is 11.5 Å². The van der Waals surface area contributed by atoms with Crippen LogP contribution < -0.4 is 4.74 Å². The largest absolute Gasteiger partial charge is 0.508 e. The van der Waals surface area contributed by atoms with Crippen LogP contribution in [0.1, 0.15) is 12.0 Å². The van der Waals surface area contributed by atoms with Gasteiger partial charge in [0.05, 0.1) is 16.7 Å². The molecule has 0 saturated heterocycles. The van der Waals surface area contributed by atoms with Crippen molar-refractivity contribution < 1.29 is 9.84 Å². The van der Waals surface area contributed by atoms with Gasteiger partial charge in [-0.2, -0.15) is 0 Å². The van der Waals surface area contributed by atoms with Crippen LogP contribution in [0.25, 0.3) is 11.1 Å². The molecule has 19 heavy (non-hydrogen) atoms. The molecule has 0 saturated carbocycles. The van der Waals surface area contributed by atoms with Gasteiger partial charge in [0.2, 0.25) is 0 Å². The summed E-state index contributed by atoms with van der Waals surface area (Å²) in [5, 5.41) is 10.4. The first-order valence-electron chi connectivity index (χ1n) is 6.10. The van der Waals surface area contributed by atoms with Gasteiger partial charge in [-0.05, 0) is 30.5 Å². The molecule has 0 atom stereocenters. The fourth-order valence-electron chi connectivity index (χ4n) is 2.40. The van der Waals surface area contributed by atoms with Crippen molar-refractivity contribution in [1.29, 1.82) is 0 Å². The Labute approximate surface area is 121 Å². The molecule has 1 N–H and O–H groups in total. The molecule has 0 bridgehead atoms. The van der Waals surface area contributed by atoms with Crippen molar-refractivity contribution in [2.45, 2.75) is 12.8 Å². The highest BCUT2D eigenvalue weighted by Gasteiger charge is 2.19. The zero-order valence-corrected chi connectivity index (χ0v) is 11.6. The van der Waals surface area contributed by atoms with Crippen molar-refractivity contribution in [2.75, 3.05) is 6.61 Å². The number of rotatable bonds is 1. The first-order valence-corrected chi connectivity index (χ1v) is 6.85. The fourth-order valence-corrected chi connectivity index (χ4v) is 3.08. The second-order valence-electron chi connectivity index (χ2n) is 4.53. The zero-order chi connectivity index (χ0) is 13.4. The van der Waals surface area contributed by atoms with Crippen LogP contribution in [-0.4, -0.2) is 11.7 Å². The quantitative estimate of drug-likeness (QED) is 0.827. The summed E-state index contributed by atoms with van der Waals surface area (Å²) in [7, 11) is 0. The number of benzene rings is 2. The number of aromatic hydroxyl groups is 1. The van der Waals surface area contributed by atoms with Gasteiger partial charge in [0.15, 0.2) is 0 Å². The number of phenols is 1. The maximum absolute atomic E-state index is 9.50. The van der Waals surface area contributed by atoms with Crippen molar-refractivity contribution in [3.8, 4) is 22.6 Å². The van der Waals surface area contributed by atoms with Crippen LogP contribution in [0.15, 0.2) is 30.3 Å². The van der Waals surface area contributed by atoms with Crippen molar-refractivity contribution in [3.05, 3.63) is 45.9 Å². The van der Waals surface area contributed by atoms with Gasteiger partial charge in [-0.3, -0.25) is 0 Å². The standard InChI is InChI=1S/C15H12Cl2O2/c16-12-7-10(18)8-13(17)14(12)11-5-1-3-9-4-2-6-19-15(9)11/h1,3,5,7-8,18H,2,4,6H2. The molecular formula is C15H12Cl2O2. The van der Waals surface area contributed by atoms with Crippen molar-refractivity contribution >= 4 is 23.2 Å². The number of phenolic OH excluding ortho intramolecular Hbond substituents is 1. The summed E-state index contributed by atoms with van der Waals surface area (Å²) in [5.41, 5.74) is 2.76. The Kier molecular flexibility index (Phi) is 3.29. The van der Waals surface area contributed by atoms with E-state index in [1.54, 1.807) is 0 Å². The average Bonchev–Trinajstić information content (AvgIpc) is 2.38. The van der Waals surface area contributed by atoms with Gasteiger partial charge in [-0.25, -0.2) is 0 Å². The fraction of sp³-hybridized carbons (Fsp3) is 0.200. The molecule has 0 radical (unpaired) electrons. The molecule has 0 unspecified atom stereocenters. The van der Waals surface area contributed by atoms with Crippen molar-refractivity contribution in [1.82, 2.24) is 0 Å². The van der Waals surface area contributed by atoms with Gasteiger partial charge in [-0.1, -0.05) is 41.4 Å². The van der Waals surface area contributed by atoms with Gasteiger partial charge in [-0.15, -0.1) is 0 Å². The summed E-state index contributed by atoms with van der Waals surface area (Å²) in [4.78, 5) is 0. The highest BCUT2D eigenvalue weighted by molar-refractivity contribution is 6.39. The maximum atomic E-state index is 9.50. The number of aryl methyl sites for hydroxylation is 1. The topological polar surface area (TPSA) is 29.5 Å². The second kappa shape index (κ2) is 4.95. The third kappa shape index (κ3) is 2.26.